The first kappa shape index (κ1) is 13.3. The molecule has 3 atom stereocenters. The number of sulfone groups is 1. The van der Waals surface area contributed by atoms with Crippen LogP contribution >= 0.6 is 0 Å². The molecule has 0 spiro atoms. The van der Waals surface area contributed by atoms with E-state index in [0.717, 1.165) is 12.8 Å². The van der Waals surface area contributed by atoms with Gasteiger partial charge in [-0.2, -0.15) is 0 Å². The lowest BCUT2D eigenvalue weighted by Gasteiger charge is -2.36. The summed E-state index contributed by atoms with van der Waals surface area (Å²) < 4.78 is 23.5. The molecule has 2 rings (SSSR count). The Balaban J connectivity index is 1.89. The lowest BCUT2D eigenvalue weighted by Crippen LogP contribution is -2.46. The highest BCUT2D eigenvalue weighted by Gasteiger charge is 2.33. The van der Waals surface area contributed by atoms with Gasteiger partial charge < -0.3 is 5.32 Å². The Hall–Kier alpha value is -0.0900. The molecule has 1 N–H and O–H groups in total. The molecular formula is C13H25NO2S. The fourth-order valence-corrected chi connectivity index (χ4v) is 5.22. The quantitative estimate of drug-likeness (QED) is 0.843. The van der Waals surface area contributed by atoms with Crippen LogP contribution < -0.4 is 5.32 Å². The molecule has 4 heteroatoms. The van der Waals surface area contributed by atoms with Gasteiger partial charge in [0.05, 0.1) is 11.0 Å². The molecule has 0 bridgehead atoms. The van der Waals surface area contributed by atoms with E-state index < -0.39 is 9.84 Å². The molecule has 1 aliphatic heterocycles. The van der Waals surface area contributed by atoms with Gasteiger partial charge in [0.1, 0.15) is 0 Å². The van der Waals surface area contributed by atoms with E-state index in [4.69, 9.17) is 0 Å². The minimum Gasteiger partial charge on any atom is -0.312 e. The third-order valence-electron chi connectivity index (χ3n) is 4.59. The molecule has 0 radical (unpaired) electrons. The van der Waals surface area contributed by atoms with E-state index in [0.29, 0.717) is 30.2 Å². The fourth-order valence-electron chi connectivity index (χ4n) is 3.44. The Morgan fingerprint density at radius 2 is 1.71 bits per heavy atom. The summed E-state index contributed by atoms with van der Waals surface area (Å²) in [6, 6.07) is 0.513. The van der Waals surface area contributed by atoms with Crippen LogP contribution in [0.2, 0.25) is 0 Å². The van der Waals surface area contributed by atoms with Crippen LogP contribution in [0.3, 0.4) is 0 Å². The van der Waals surface area contributed by atoms with Crippen molar-refractivity contribution in [1.29, 1.82) is 0 Å². The summed E-state index contributed by atoms with van der Waals surface area (Å²) in [5, 5.41) is 3.42. The minimum absolute atomic E-state index is 0.121. The van der Waals surface area contributed by atoms with Crippen molar-refractivity contribution in [2.45, 2.75) is 57.2 Å². The highest BCUT2D eigenvalue weighted by atomic mass is 32.2. The zero-order valence-electron chi connectivity index (χ0n) is 11.0. The largest absolute Gasteiger partial charge is 0.312 e. The molecule has 0 amide bonds. The van der Waals surface area contributed by atoms with Gasteiger partial charge in [0.25, 0.3) is 0 Å². The molecule has 1 saturated heterocycles. The predicted octanol–water partition coefficient (Wildman–Crippen LogP) is 1.98. The summed E-state index contributed by atoms with van der Waals surface area (Å²) in [6.45, 7) is 5.24. The molecule has 2 aliphatic rings. The van der Waals surface area contributed by atoms with Crippen LogP contribution in [0.5, 0.6) is 0 Å². The number of rotatable bonds is 3. The molecule has 0 aromatic heterocycles. The van der Waals surface area contributed by atoms with Gasteiger partial charge in [-0.1, -0.05) is 20.3 Å². The molecule has 2 fully saturated rings. The van der Waals surface area contributed by atoms with Crippen molar-refractivity contribution in [2.75, 3.05) is 12.3 Å². The highest BCUT2D eigenvalue weighted by molar-refractivity contribution is 7.92. The number of nitrogens with one attached hydrogen (secondary N) is 1. The van der Waals surface area contributed by atoms with Crippen molar-refractivity contribution in [3.8, 4) is 0 Å². The topological polar surface area (TPSA) is 46.2 Å². The van der Waals surface area contributed by atoms with E-state index in [1.165, 1.54) is 19.3 Å². The standard InChI is InChI=1S/C13H25NO2S/c1-10-5-3-6-11(2)13(10)14-9-12-7-4-8-17(12,15)16/h10-14H,3-9H2,1-2H3. The summed E-state index contributed by atoms with van der Waals surface area (Å²) in [5.74, 6) is 1.76. The molecule has 3 unspecified atom stereocenters. The van der Waals surface area contributed by atoms with Crippen molar-refractivity contribution < 1.29 is 8.42 Å². The molecule has 3 nitrogen and oxygen atoms in total. The zero-order valence-corrected chi connectivity index (χ0v) is 11.8. The average molecular weight is 259 g/mol. The Kier molecular flexibility index (Phi) is 4.14. The Labute approximate surface area is 105 Å². The minimum atomic E-state index is -2.79. The van der Waals surface area contributed by atoms with E-state index in [2.05, 4.69) is 19.2 Å². The van der Waals surface area contributed by atoms with Crippen LogP contribution in [0.25, 0.3) is 0 Å². The normalized spacial score (nSPS) is 41.5. The molecule has 17 heavy (non-hydrogen) atoms. The van der Waals surface area contributed by atoms with Crippen LogP contribution in [-0.2, 0) is 9.84 Å². The summed E-state index contributed by atoms with van der Waals surface area (Å²) >= 11 is 0. The Morgan fingerprint density at radius 3 is 2.24 bits per heavy atom. The van der Waals surface area contributed by atoms with Crippen LogP contribution in [0.1, 0.15) is 46.0 Å². The maximum absolute atomic E-state index is 11.8. The first-order valence-electron chi connectivity index (χ1n) is 6.95. The van der Waals surface area contributed by atoms with Crippen molar-refractivity contribution in [1.82, 2.24) is 5.32 Å². The third kappa shape index (κ3) is 3.02. The van der Waals surface area contributed by atoms with Crippen molar-refractivity contribution in [3.63, 3.8) is 0 Å². The fraction of sp³-hybridized carbons (Fsp3) is 1.00. The zero-order chi connectivity index (χ0) is 12.5. The molecule has 100 valence electrons. The second-order valence-corrected chi connectivity index (χ2v) is 8.35. The van der Waals surface area contributed by atoms with E-state index in [-0.39, 0.29) is 5.25 Å². The van der Waals surface area contributed by atoms with Gasteiger partial charge in [0.15, 0.2) is 9.84 Å². The highest BCUT2D eigenvalue weighted by Crippen LogP contribution is 2.29. The van der Waals surface area contributed by atoms with Crippen LogP contribution in [-0.4, -0.2) is 32.0 Å². The van der Waals surface area contributed by atoms with Gasteiger partial charge in [0.2, 0.25) is 0 Å². The Bertz CT molecular complexity index is 342. The lowest BCUT2D eigenvalue weighted by molar-refractivity contribution is 0.209. The molecule has 1 heterocycles. The summed E-state index contributed by atoms with van der Waals surface area (Å²) in [6.07, 6.45) is 5.58. The SMILES string of the molecule is CC1CCCC(C)C1NCC1CCCS1(=O)=O. The van der Waals surface area contributed by atoms with Crippen molar-refractivity contribution in [3.05, 3.63) is 0 Å². The summed E-state index contributed by atoms with van der Waals surface area (Å²) in [5.41, 5.74) is 0. The predicted molar refractivity (Wildman–Crippen MR) is 70.8 cm³/mol. The Morgan fingerprint density at radius 1 is 1.06 bits per heavy atom. The molecule has 1 saturated carbocycles. The monoisotopic (exact) mass is 259 g/mol. The van der Waals surface area contributed by atoms with Gasteiger partial charge in [-0.05, 0) is 37.5 Å². The molecule has 0 aromatic carbocycles. The third-order valence-corrected chi connectivity index (χ3v) is 6.86. The van der Waals surface area contributed by atoms with Gasteiger partial charge in [-0.15, -0.1) is 0 Å². The van der Waals surface area contributed by atoms with Gasteiger partial charge >= 0.3 is 0 Å². The molecule has 1 aliphatic carbocycles. The van der Waals surface area contributed by atoms with E-state index in [1.54, 1.807) is 0 Å². The number of hydrogen-bond acceptors (Lipinski definition) is 3. The van der Waals surface area contributed by atoms with Crippen LogP contribution in [0.15, 0.2) is 0 Å². The van der Waals surface area contributed by atoms with Crippen LogP contribution in [0.4, 0.5) is 0 Å². The van der Waals surface area contributed by atoms with Gasteiger partial charge in [-0.25, -0.2) is 8.42 Å². The lowest BCUT2D eigenvalue weighted by atomic mass is 9.79. The molecule has 0 aromatic rings. The number of hydrogen-bond donors (Lipinski definition) is 1. The van der Waals surface area contributed by atoms with Crippen molar-refractivity contribution in [2.24, 2.45) is 11.8 Å². The van der Waals surface area contributed by atoms with Crippen LogP contribution in [0, 0.1) is 11.8 Å². The van der Waals surface area contributed by atoms with Gasteiger partial charge in [-0.3, -0.25) is 0 Å². The molecular weight excluding hydrogens is 234 g/mol. The van der Waals surface area contributed by atoms with Gasteiger partial charge in [0, 0.05) is 12.6 Å². The van der Waals surface area contributed by atoms with E-state index in [1.807, 2.05) is 0 Å². The second-order valence-electron chi connectivity index (χ2n) is 5.95. The smallest absolute Gasteiger partial charge is 0.154 e. The average Bonchev–Trinajstić information content (AvgIpc) is 2.57. The van der Waals surface area contributed by atoms with E-state index in [9.17, 15) is 8.42 Å². The van der Waals surface area contributed by atoms with E-state index >= 15 is 0 Å². The summed E-state index contributed by atoms with van der Waals surface area (Å²) in [7, 11) is -2.79. The first-order chi connectivity index (χ1) is 8.00. The maximum Gasteiger partial charge on any atom is 0.154 e. The first-order valence-corrected chi connectivity index (χ1v) is 8.67. The summed E-state index contributed by atoms with van der Waals surface area (Å²) in [4.78, 5) is 0. The maximum atomic E-state index is 11.8. The second kappa shape index (κ2) is 5.27. The van der Waals surface area contributed by atoms with Crippen molar-refractivity contribution >= 4 is 9.84 Å².